The summed E-state index contributed by atoms with van der Waals surface area (Å²) in [5, 5.41) is 8.46. The first-order valence-electron chi connectivity index (χ1n) is 3.01. The molecule has 0 radical (unpaired) electrons. The quantitative estimate of drug-likeness (QED) is 0.651. The van der Waals surface area contributed by atoms with Crippen LogP contribution in [0.1, 0.15) is 11.1 Å². The molecule has 0 amide bonds. The zero-order valence-corrected chi connectivity index (χ0v) is 7.44. The van der Waals surface area contributed by atoms with Crippen molar-refractivity contribution in [2.24, 2.45) is 0 Å². The second kappa shape index (κ2) is 3.02. The molecular formula is C8H5BrFN. The fourth-order valence-corrected chi connectivity index (χ4v) is 1.38. The molecule has 0 aliphatic carbocycles. The van der Waals surface area contributed by atoms with Crippen molar-refractivity contribution in [2.75, 3.05) is 0 Å². The Morgan fingerprint density at radius 2 is 2.18 bits per heavy atom. The summed E-state index contributed by atoms with van der Waals surface area (Å²) in [7, 11) is 0. The molecule has 1 aromatic carbocycles. The second-order valence-electron chi connectivity index (χ2n) is 2.22. The molecule has 1 aromatic rings. The summed E-state index contributed by atoms with van der Waals surface area (Å²) in [5.74, 6) is -0.488. The average molecular weight is 214 g/mol. The third-order valence-corrected chi connectivity index (χ3v) is 1.87. The van der Waals surface area contributed by atoms with Gasteiger partial charge in [0.2, 0.25) is 0 Å². The van der Waals surface area contributed by atoms with Gasteiger partial charge in [-0.1, -0.05) is 0 Å². The highest BCUT2D eigenvalue weighted by molar-refractivity contribution is 9.10. The third kappa shape index (κ3) is 1.58. The maximum Gasteiger partial charge on any atom is 0.155 e. The lowest BCUT2D eigenvalue weighted by molar-refractivity contribution is 0.616. The van der Waals surface area contributed by atoms with Gasteiger partial charge < -0.3 is 0 Å². The topological polar surface area (TPSA) is 23.8 Å². The molecule has 0 aromatic heterocycles. The van der Waals surface area contributed by atoms with Crippen LogP contribution >= 0.6 is 15.9 Å². The minimum Gasteiger partial charge on any atom is -0.204 e. The van der Waals surface area contributed by atoms with Gasteiger partial charge in [0.1, 0.15) is 6.07 Å². The average Bonchev–Trinajstić information content (AvgIpc) is 1.96. The summed E-state index contributed by atoms with van der Waals surface area (Å²) in [4.78, 5) is 0. The number of rotatable bonds is 0. The van der Waals surface area contributed by atoms with Crippen molar-refractivity contribution in [3.05, 3.63) is 33.5 Å². The summed E-state index contributed by atoms with van der Waals surface area (Å²) < 4.78 is 13.3. The Labute approximate surface area is 72.6 Å². The van der Waals surface area contributed by atoms with Gasteiger partial charge in [-0.2, -0.15) is 5.26 Å². The Hall–Kier alpha value is -0.880. The Bertz CT molecular complexity index is 328. The molecule has 0 atom stereocenters. The van der Waals surface area contributed by atoms with E-state index in [9.17, 15) is 4.39 Å². The summed E-state index contributed by atoms with van der Waals surface area (Å²) in [6, 6.07) is 4.92. The van der Waals surface area contributed by atoms with Gasteiger partial charge in [0.05, 0.1) is 10.0 Å². The molecule has 11 heavy (non-hydrogen) atoms. The molecule has 0 spiro atoms. The van der Waals surface area contributed by atoms with Gasteiger partial charge >= 0.3 is 0 Å². The number of hydrogen-bond donors (Lipinski definition) is 0. The molecule has 56 valence electrons. The standard InChI is InChI=1S/C8H5BrFN/c1-5-2-6(4-11)8(10)7(9)3-5/h2-3H,1H3. The van der Waals surface area contributed by atoms with Crippen molar-refractivity contribution in [3.8, 4) is 6.07 Å². The molecule has 0 unspecified atom stereocenters. The minimum atomic E-state index is -0.488. The summed E-state index contributed by atoms with van der Waals surface area (Å²) in [5.41, 5.74) is 0.951. The zero-order chi connectivity index (χ0) is 8.43. The fraction of sp³-hybridized carbons (Fsp3) is 0.125. The molecular weight excluding hydrogens is 209 g/mol. The monoisotopic (exact) mass is 213 g/mol. The molecule has 3 heteroatoms. The maximum atomic E-state index is 12.9. The van der Waals surface area contributed by atoms with Crippen LogP contribution in [0.4, 0.5) is 4.39 Å². The highest BCUT2D eigenvalue weighted by Gasteiger charge is 2.05. The van der Waals surface area contributed by atoms with E-state index in [0.29, 0.717) is 4.47 Å². The van der Waals surface area contributed by atoms with Crippen LogP contribution in [0.15, 0.2) is 16.6 Å². The van der Waals surface area contributed by atoms with Crippen LogP contribution < -0.4 is 0 Å². The number of hydrogen-bond acceptors (Lipinski definition) is 1. The Kier molecular flexibility index (Phi) is 2.25. The predicted molar refractivity (Wildman–Crippen MR) is 43.6 cm³/mol. The Morgan fingerprint density at radius 1 is 1.55 bits per heavy atom. The van der Waals surface area contributed by atoms with Crippen LogP contribution in [0.3, 0.4) is 0 Å². The lowest BCUT2D eigenvalue weighted by atomic mass is 10.1. The van der Waals surface area contributed by atoms with Crippen molar-refractivity contribution < 1.29 is 4.39 Å². The van der Waals surface area contributed by atoms with Gasteiger partial charge in [-0.3, -0.25) is 0 Å². The van der Waals surface area contributed by atoms with E-state index < -0.39 is 5.82 Å². The van der Waals surface area contributed by atoms with Crippen molar-refractivity contribution >= 4 is 15.9 Å². The molecule has 0 saturated carbocycles. The van der Waals surface area contributed by atoms with E-state index >= 15 is 0 Å². The molecule has 0 aliphatic rings. The Morgan fingerprint density at radius 3 is 2.73 bits per heavy atom. The summed E-state index contributed by atoms with van der Waals surface area (Å²) in [6.45, 7) is 1.81. The van der Waals surface area contributed by atoms with E-state index in [1.54, 1.807) is 12.1 Å². The van der Waals surface area contributed by atoms with E-state index in [0.717, 1.165) is 5.56 Å². The van der Waals surface area contributed by atoms with Gasteiger partial charge in [0.25, 0.3) is 0 Å². The smallest absolute Gasteiger partial charge is 0.155 e. The molecule has 0 aliphatic heterocycles. The lowest BCUT2D eigenvalue weighted by Crippen LogP contribution is -1.86. The van der Waals surface area contributed by atoms with Crippen LogP contribution in [-0.4, -0.2) is 0 Å². The largest absolute Gasteiger partial charge is 0.204 e. The van der Waals surface area contributed by atoms with Crippen molar-refractivity contribution in [3.63, 3.8) is 0 Å². The first-order valence-corrected chi connectivity index (χ1v) is 3.80. The third-order valence-electron chi connectivity index (χ3n) is 1.29. The highest BCUT2D eigenvalue weighted by Crippen LogP contribution is 2.20. The number of aryl methyl sites for hydroxylation is 1. The SMILES string of the molecule is Cc1cc(Br)c(F)c(C#N)c1. The number of halogens is 2. The molecule has 0 bridgehead atoms. The van der Waals surface area contributed by atoms with Crippen LogP contribution in [0.25, 0.3) is 0 Å². The van der Waals surface area contributed by atoms with E-state index in [1.165, 1.54) is 6.07 Å². The number of benzene rings is 1. The molecule has 0 N–H and O–H groups in total. The van der Waals surface area contributed by atoms with E-state index in [4.69, 9.17) is 5.26 Å². The molecule has 0 fully saturated rings. The van der Waals surface area contributed by atoms with E-state index in [1.807, 2.05) is 6.92 Å². The first kappa shape index (κ1) is 8.22. The molecule has 1 nitrogen and oxygen atoms in total. The fourth-order valence-electron chi connectivity index (χ4n) is 0.806. The number of nitriles is 1. The predicted octanol–water partition coefficient (Wildman–Crippen LogP) is 2.77. The van der Waals surface area contributed by atoms with Crippen LogP contribution in [-0.2, 0) is 0 Å². The van der Waals surface area contributed by atoms with E-state index in [-0.39, 0.29) is 5.56 Å². The van der Waals surface area contributed by atoms with Gasteiger partial charge in [-0.05, 0) is 40.5 Å². The zero-order valence-electron chi connectivity index (χ0n) is 5.86. The van der Waals surface area contributed by atoms with Crippen LogP contribution in [0.5, 0.6) is 0 Å². The van der Waals surface area contributed by atoms with E-state index in [2.05, 4.69) is 15.9 Å². The van der Waals surface area contributed by atoms with Gasteiger partial charge in [-0.15, -0.1) is 0 Å². The molecule has 0 heterocycles. The highest BCUT2D eigenvalue weighted by atomic mass is 79.9. The van der Waals surface area contributed by atoms with Gasteiger partial charge in [0.15, 0.2) is 5.82 Å². The van der Waals surface area contributed by atoms with Crippen LogP contribution in [0, 0.1) is 24.1 Å². The first-order chi connectivity index (χ1) is 5.15. The van der Waals surface area contributed by atoms with Gasteiger partial charge in [0, 0.05) is 0 Å². The number of nitrogens with zero attached hydrogens (tertiary/aromatic N) is 1. The van der Waals surface area contributed by atoms with Crippen LogP contribution in [0.2, 0.25) is 0 Å². The second-order valence-corrected chi connectivity index (χ2v) is 3.07. The van der Waals surface area contributed by atoms with Crippen molar-refractivity contribution in [1.82, 2.24) is 0 Å². The van der Waals surface area contributed by atoms with Crippen molar-refractivity contribution in [1.29, 1.82) is 5.26 Å². The molecule has 1 rings (SSSR count). The Balaban J connectivity index is 3.39. The minimum absolute atomic E-state index is 0.0804. The van der Waals surface area contributed by atoms with Crippen molar-refractivity contribution in [2.45, 2.75) is 6.92 Å². The lowest BCUT2D eigenvalue weighted by Gasteiger charge is -1.97. The maximum absolute atomic E-state index is 12.9. The summed E-state index contributed by atoms with van der Waals surface area (Å²) >= 11 is 3.01. The summed E-state index contributed by atoms with van der Waals surface area (Å²) in [6.07, 6.45) is 0. The van der Waals surface area contributed by atoms with Gasteiger partial charge in [-0.25, -0.2) is 4.39 Å². The normalized spacial score (nSPS) is 9.27. The molecule has 0 saturated heterocycles.